The third-order valence-electron chi connectivity index (χ3n) is 5.07. The Labute approximate surface area is 154 Å². The molecule has 140 valence electrons. The van der Waals surface area contributed by atoms with Gasteiger partial charge in [0, 0.05) is 31.6 Å². The van der Waals surface area contributed by atoms with Crippen LogP contribution < -0.4 is 0 Å². The average Bonchev–Trinajstić information content (AvgIpc) is 3.06. The van der Waals surface area contributed by atoms with Gasteiger partial charge in [0.15, 0.2) is 0 Å². The Morgan fingerprint density at radius 2 is 1.88 bits per heavy atom. The van der Waals surface area contributed by atoms with Crippen LogP contribution >= 0.6 is 0 Å². The van der Waals surface area contributed by atoms with Crippen molar-refractivity contribution in [2.45, 2.75) is 51.6 Å². The lowest BCUT2D eigenvalue weighted by Gasteiger charge is -2.34. The maximum absolute atomic E-state index is 12.9. The Morgan fingerprint density at radius 1 is 1.12 bits per heavy atom. The van der Waals surface area contributed by atoms with E-state index in [1.807, 2.05) is 17.0 Å². The fraction of sp³-hybridized carbons (Fsp3) is 0.550. The van der Waals surface area contributed by atoms with Crippen molar-refractivity contribution in [1.29, 1.82) is 0 Å². The fourth-order valence-electron chi connectivity index (χ4n) is 3.67. The highest BCUT2D eigenvalue weighted by Gasteiger charge is 2.33. The Hall–Kier alpha value is -2.37. The number of carbonyl (C=O) groups excluding carboxylic acids is 3. The van der Waals surface area contributed by atoms with Crippen LogP contribution in [-0.2, 0) is 20.9 Å². The molecule has 2 aliphatic rings. The van der Waals surface area contributed by atoms with Crippen LogP contribution in [0.2, 0.25) is 0 Å². The first-order valence-electron chi connectivity index (χ1n) is 9.44. The molecule has 0 N–H and O–H groups in total. The van der Waals surface area contributed by atoms with Crippen molar-refractivity contribution in [2.75, 3.05) is 19.7 Å². The van der Waals surface area contributed by atoms with E-state index in [0.717, 1.165) is 31.4 Å². The molecule has 1 atom stereocenters. The van der Waals surface area contributed by atoms with Crippen molar-refractivity contribution in [2.24, 2.45) is 0 Å². The summed E-state index contributed by atoms with van der Waals surface area (Å²) in [4.78, 5) is 40.3. The molecule has 0 spiro atoms. The number of carbonyl (C=O) groups is 3. The molecule has 0 aliphatic carbocycles. The van der Waals surface area contributed by atoms with E-state index in [1.54, 1.807) is 24.0 Å². The van der Waals surface area contributed by atoms with Gasteiger partial charge in [-0.25, -0.2) is 4.79 Å². The number of amides is 2. The zero-order valence-corrected chi connectivity index (χ0v) is 15.3. The highest BCUT2D eigenvalue weighted by molar-refractivity contribution is 5.97. The van der Waals surface area contributed by atoms with Gasteiger partial charge in [-0.1, -0.05) is 12.1 Å². The molecule has 2 fully saturated rings. The lowest BCUT2D eigenvalue weighted by atomic mass is 10.0. The zero-order valence-electron chi connectivity index (χ0n) is 15.3. The number of nitrogens with zero attached hydrogens (tertiary/aromatic N) is 2. The highest BCUT2D eigenvalue weighted by atomic mass is 16.5. The number of likely N-dealkylation sites (tertiary alicyclic amines) is 2. The minimum atomic E-state index is -0.488. The van der Waals surface area contributed by atoms with Crippen molar-refractivity contribution in [3.8, 4) is 0 Å². The van der Waals surface area contributed by atoms with Crippen molar-refractivity contribution in [3.05, 3.63) is 35.4 Å². The minimum Gasteiger partial charge on any atom is -0.464 e. The van der Waals surface area contributed by atoms with Crippen molar-refractivity contribution in [1.82, 2.24) is 9.80 Å². The molecule has 0 bridgehead atoms. The van der Waals surface area contributed by atoms with Crippen LogP contribution in [0.3, 0.4) is 0 Å². The topological polar surface area (TPSA) is 66.9 Å². The second-order valence-corrected chi connectivity index (χ2v) is 6.88. The normalized spacial score (nSPS) is 20.3. The van der Waals surface area contributed by atoms with Crippen LogP contribution in [0.1, 0.15) is 54.9 Å². The monoisotopic (exact) mass is 358 g/mol. The number of rotatable bonds is 5. The van der Waals surface area contributed by atoms with Crippen LogP contribution in [0.5, 0.6) is 0 Å². The molecule has 1 aromatic carbocycles. The lowest BCUT2D eigenvalue weighted by molar-refractivity contribution is -0.149. The SMILES string of the molecule is CCOC(=O)C1CCCCN1C(=O)c1ccc(CN2CCCC2=O)cc1. The van der Waals surface area contributed by atoms with Crippen LogP contribution in [0, 0.1) is 0 Å². The van der Waals surface area contributed by atoms with Crippen LogP contribution in [0.15, 0.2) is 24.3 Å². The fourth-order valence-corrected chi connectivity index (χ4v) is 3.67. The van der Waals surface area contributed by atoms with Gasteiger partial charge >= 0.3 is 5.97 Å². The van der Waals surface area contributed by atoms with E-state index in [2.05, 4.69) is 0 Å². The predicted molar refractivity (Wildman–Crippen MR) is 96.4 cm³/mol. The lowest BCUT2D eigenvalue weighted by Crippen LogP contribution is -2.48. The van der Waals surface area contributed by atoms with E-state index in [9.17, 15) is 14.4 Å². The maximum atomic E-state index is 12.9. The molecule has 2 heterocycles. The number of benzene rings is 1. The Bertz CT molecular complexity index is 671. The van der Waals surface area contributed by atoms with E-state index in [0.29, 0.717) is 38.1 Å². The number of piperidine rings is 1. The summed E-state index contributed by atoms with van der Waals surface area (Å²) in [6.45, 7) is 4.06. The van der Waals surface area contributed by atoms with Gasteiger partial charge in [-0.15, -0.1) is 0 Å². The minimum absolute atomic E-state index is 0.133. The van der Waals surface area contributed by atoms with Gasteiger partial charge in [-0.05, 0) is 50.3 Å². The van der Waals surface area contributed by atoms with E-state index >= 15 is 0 Å². The third kappa shape index (κ3) is 4.06. The molecule has 0 saturated carbocycles. The molecule has 3 rings (SSSR count). The summed E-state index contributed by atoms with van der Waals surface area (Å²) in [5, 5.41) is 0. The molecule has 2 saturated heterocycles. The first-order chi connectivity index (χ1) is 12.6. The largest absolute Gasteiger partial charge is 0.464 e. The molecule has 0 aromatic heterocycles. The van der Waals surface area contributed by atoms with Gasteiger partial charge in [-0.2, -0.15) is 0 Å². The summed E-state index contributed by atoms with van der Waals surface area (Å²) < 4.78 is 5.13. The molecular formula is C20H26N2O4. The molecule has 1 unspecified atom stereocenters. The molecular weight excluding hydrogens is 332 g/mol. The molecule has 26 heavy (non-hydrogen) atoms. The average molecular weight is 358 g/mol. The van der Waals surface area contributed by atoms with Crippen LogP contribution in [0.25, 0.3) is 0 Å². The predicted octanol–water partition coefficient (Wildman–Crippen LogP) is 2.37. The first kappa shape index (κ1) is 18.4. The van der Waals surface area contributed by atoms with E-state index in [4.69, 9.17) is 4.74 Å². The van der Waals surface area contributed by atoms with Gasteiger partial charge in [0.25, 0.3) is 5.91 Å². The van der Waals surface area contributed by atoms with Gasteiger partial charge < -0.3 is 14.5 Å². The van der Waals surface area contributed by atoms with E-state index in [1.165, 1.54) is 0 Å². The zero-order chi connectivity index (χ0) is 18.5. The Balaban J connectivity index is 1.68. The second kappa shape index (κ2) is 8.34. The standard InChI is InChI=1S/C20H26N2O4/c1-2-26-20(25)17-6-3-4-13-22(17)19(24)16-10-8-15(9-11-16)14-21-12-5-7-18(21)23/h8-11,17H,2-7,12-14H2,1H3. The van der Waals surface area contributed by atoms with Crippen LogP contribution in [-0.4, -0.2) is 53.3 Å². The molecule has 2 amide bonds. The first-order valence-corrected chi connectivity index (χ1v) is 9.44. The Kier molecular flexibility index (Phi) is 5.91. The van der Waals surface area contributed by atoms with E-state index in [-0.39, 0.29) is 17.8 Å². The summed E-state index contributed by atoms with van der Waals surface area (Å²) in [7, 11) is 0. The number of esters is 1. The summed E-state index contributed by atoms with van der Waals surface area (Å²) in [5.41, 5.74) is 1.58. The second-order valence-electron chi connectivity index (χ2n) is 6.88. The van der Waals surface area contributed by atoms with Crippen LogP contribution in [0.4, 0.5) is 0 Å². The third-order valence-corrected chi connectivity index (χ3v) is 5.07. The summed E-state index contributed by atoms with van der Waals surface area (Å²) in [5.74, 6) is -0.257. The smallest absolute Gasteiger partial charge is 0.328 e. The van der Waals surface area contributed by atoms with Gasteiger partial charge in [0.1, 0.15) is 6.04 Å². The summed E-state index contributed by atoms with van der Waals surface area (Å²) >= 11 is 0. The molecule has 6 heteroatoms. The number of hydrogen-bond acceptors (Lipinski definition) is 4. The Morgan fingerprint density at radius 3 is 2.54 bits per heavy atom. The summed E-state index contributed by atoms with van der Waals surface area (Å²) in [6, 6.07) is 6.87. The van der Waals surface area contributed by atoms with E-state index < -0.39 is 6.04 Å². The highest BCUT2D eigenvalue weighted by Crippen LogP contribution is 2.22. The van der Waals surface area contributed by atoms with Gasteiger partial charge in [-0.3, -0.25) is 9.59 Å². The molecule has 0 radical (unpaired) electrons. The molecule has 6 nitrogen and oxygen atoms in total. The van der Waals surface area contributed by atoms with Gasteiger partial charge in [0.2, 0.25) is 5.91 Å². The number of ether oxygens (including phenoxy) is 1. The summed E-state index contributed by atoms with van der Waals surface area (Å²) in [6.07, 6.45) is 4.02. The molecule has 2 aliphatic heterocycles. The van der Waals surface area contributed by atoms with Crippen molar-refractivity contribution < 1.29 is 19.1 Å². The van der Waals surface area contributed by atoms with Gasteiger partial charge in [0.05, 0.1) is 6.61 Å². The molecule has 1 aromatic rings. The van der Waals surface area contributed by atoms with Crippen molar-refractivity contribution in [3.63, 3.8) is 0 Å². The number of hydrogen-bond donors (Lipinski definition) is 0. The van der Waals surface area contributed by atoms with Crippen molar-refractivity contribution >= 4 is 17.8 Å². The maximum Gasteiger partial charge on any atom is 0.328 e. The quantitative estimate of drug-likeness (QED) is 0.758.